The van der Waals surface area contributed by atoms with E-state index in [1.165, 1.54) is 11.1 Å². The van der Waals surface area contributed by atoms with Gasteiger partial charge in [0.1, 0.15) is 0 Å². The molecular weight excluding hydrogens is 296 g/mol. The molecule has 1 unspecified atom stereocenters. The number of anilines is 1. The van der Waals surface area contributed by atoms with E-state index in [0.717, 1.165) is 16.8 Å². The average Bonchev–Trinajstić information content (AvgIpc) is 2.56. The summed E-state index contributed by atoms with van der Waals surface area (Å²) < 4.78 is 0. The first kappa shape index (κ1) is 18.2. The van der Waals surface area contributed by atoms with Gasteiger partial charge in [0.15, 0.2) is 0 Å². The van der Waals surface area contributed by atoms with E-state index in [2.05, 4.69) is 55.7 Å². The van der Waals surface area contributed by atoms with E-state index in [-0.39, 0.29) is 11.9 Å². The lowest BCUT2D eigenvalue weighted by molar-refractivity contribution is -0.115. The summed E-state index contributed by atoms with van der Waals surface area (Å²) in [6.07, 6.45) is 0. The molecular formula is C21H28N2O. The Bertz CT molecular complexity index is 669. The van der Waals surface area contributed by atoms with E-state index in [9.17, 15) is 4.79 Å². The lowest BCUT2D eigenvalue weighted by Crippen LogP contribution is -2.30. The number of benzene rings is 2. The van der Waals surface area contributed by atoms with Crippen molar-refractivity contribution in [1.29, 1.82) is 0 Å². The zero-order valence-corrected chi connectivity index (χ0v) is 15.3. The second kappa shape index (κ2) is 8.11. The van der Waals surface area contributed by atoms with Gasteiger partial charge in [0, 0.05) is 11.7 Å². The Balaban J connectivity index is 1.91. The summed E-state index contributed by atoms with van der Waals surface area (Å²) in [5.41, 5.74) is 5.61. The van der Waals surface area contributed by atoms with E-state index in [4.69, 9.17) is 0 Å². The molecule has 1 atom stereocenters. The van der Waals surface area contributed by atoms with Crippen LogP contribution >= 0.6 is 0 Å². The third kappa shape index (κ3) is 4.68. The molecule has 1 amide bonds. The van der Waals surface area contributed by atoms with Crippen LogP contribution in [-0.4, -0.2) is 12.5 Å². The molecule has 0 aliphatic carbocycles. The Labute approximate surface area is 145 Å². The van der Waals surface area contributed by atoms with E-state index < -0.39 is 0 Å². The van der Waals surface area contributed by atoms with Gasteiger partial charge >= 0.3 is 0 Å². The number of rotatable bonds is 6. The van der Waals surface area contributed by atoms with Gasteiger partial charge in [-0.05, 0) is 48.9 Å². The monoisotopic (exact) mass is 324 g/mol. The molecule has 0 spiro atoms. The van der Waals surface area contributed by atoms with Crippen molar-refractivity contribution in [2.24, 2.45) is 0 Å². The number of carbonyl (C=O) groups is 1. The van der Waals surface area contributed by atoms with Crippen molar-refractivity contribution in [3.8, 4) is 0 Å². The van der Waals surface area contributed by atoms with Gasteiger partial charge in [-0.3, -0.25) is 4.79 Å². The zero-order valence-electron chi connectivity index (χ0n) is 15.3. The molecule has 2 aromatic rings. The molecule has 0 aliphatic rings. The van der Waals surface area contributed by atoms with E-state index in [0.29, 0.717) is 12.5 Å². The van der Waals surface area contributed by atoms with Crippen molar-refractivity contribution in [1.82, 2.24) is 5.32 Å². The molecule has 0 aromatic heterocycles. The highest BCUT2D eigenvalue weighted by molar-refractivity contribution is 5.93. The fourth-order valence-corrected chi connectivity index (χ4v) is 2.73. The van der Waals surface area contributed by atoms with Crippen molar-refractivity contribution >= 4 is 11.6 Å². The lowest BCUT2D eigenvalue weighted by atomic mass is 9.99. The van der Waals surface area contributed by atoms with Gasteiger partial charge < -0.3 is 10.6 Å². The van der Waals surface area contributed by atoms with Crippen LogP contribution < -0.4 is 10.6 Å². The van der Waals surface area contributed by atoms with Gasteiger partial charge in [0.2, 0.25) is 5.91 Å². The Morgan fingerprint density at radius 2 is 1.46 bits per heavy atom. The van der Waals surface area contributed by atoms with Gasteiger partial charge in [-0.15, -0.1) is 0 Å². The van der Waals surface area contributed by atoms with Crippen molar-refractivity contribution in [2.45, 2.75) is 46.6 Å². The minimum Gasteiger partial charge on any atom is -0.324 e. The number of nitrogens with one attached hydrogen (secondary N) is 2. The lowest BCUT2D eigenvalue weighted by Gasteiger charge is -2.16. The fraction of sp³-hybridized carbons (Fsp3) is 0.381. The fourth-order valence-electron chi connectivity index (χ4n) is 2.73. The molecule has 0 aliphatic heterocycles. The Hall–Kier alpha value is -2.13. The van der Waals surface area contributed by atoms with Crippen molar-refractivity contribution in [2.75, 3.05) is 11.9 Å². The van der Waals surface area contributed by atoms with Crippen molar-refractivity contribution < 1.29 is 4.79 Å². The van der Waals surface area contributed by atoms with Crippen LogP contribution in [-0.2, 0) is 4.79 Å². The number of amides is 1. The highest BCUT2D eigenvalue weighted by Crippen LogP contribution is 2.20. The minimum atomic E-state index is -0.0157. The van der Waals surface area contributed by atoms with Crippen LogP contribution in [0.15, 0.2) is 42.5 Å². The summed E-state index contributed by atoms with van der Waals surface area (Å²) in [7, 11) is 0. The van der Waals surface area contributed by atoms with Crippen molar-refractivity contribution in [3.05, 3.63) is 64.7 Å². The number of aryl methyl sites for hydroxylation is 2. The summed E-state index contributed by atoms with van der Waals surface area (Å²) >= 11 is 0. The second-order valence-corrected chi connectivity index (χ2v) is 6.74. The van der Waals surface area contributed by atoms with Crippen LogP contribution in [0.3, 0.4) is 0 Å². The predicted molar refractivity (Wildman–Crippen MR) is 101 cm³/mol. The molecule has 0 bridgehead atoms. The van der Waals surface area contributed by atoms with Crippen LogP contribution in [0.2, 0.25) is 0 Å². The molecule has 128 valence electrons. The predicted octanol–water partition coefficient (Wildman–Crippen LogP) is 4.72. The van der Waals surface area contributed by atoms with E-state index in [1.807, 2.05) is 32.0 Å². The Morgan fingerprint density at radius 3 is 2.00 bits per heavy atom. The number of hydrogen-bond acceptors (Lipinski definition) is 2. The molecule has 0 heterocycles. The van der Waals surface area contributed by atoms with Gasteiger partial charge in [-0.2, -0.15) is 0 Å². The van der Waals surface area contributed by atoms with Gasteiger partial charge in [0.25, 0.3) is 0 Å². The van der Waals surface area contributed by atoms with E-state index >= 15 is 0 Å². The van der Waals surface area contributed by atoms with Gasteiger partial charge in [0.05, 0.1) is 6.54 Å². The average molecular weight is 324 g/mol. The second-order valence-electron chi connectivity index (χ2n) is 6.74. The SMILES string of the molecule is Cc1cccc(C)c1NC(=O)CNC(C)c1ccc(C(C)C)cc1. The van der Waals surface area contributed by atoms with Crippen LogP contribution in [0, 0.1) is 13.8 Å². The first-order valence-electron chi connectivity index (χ1n) is 8.57. The Kier molecular flexibility index (Phi) is 6.16. The number of carbonyl (C=O) groups excluding carboxylic acids is 1. The summed E-state index contributed by atoms with van der Waals surface area (Å²) in [6, 6.07) is 14.7. The zero-order chi connectivity index (χ0) is 17.7. The number of para-hydroxylation sites is 1. The molecule has 0 fully saturated rings. The van der Waals surface area contributed by atoms with E-state index in [1.54, 1.807) is 0 Å². The maximum absolute atomic E-state index is 12.2. The number of hydrogen-bond donors (Lipinski definition) is 2. The molecule has 2 aromatic carbocycles. The molecule has 0 saturated carbocycles. The summed E-state index contributed by atoms with van der Waals surface area (Å²) in [5, 5.41) is 6.30. The smallest absolute Gasteiger partial charge is 0.238 e. The van der Waals surface area contributed by atoms with Crippen LogP contribution in [0.25, 0.3) is 0 Å². The Morgan fingerprint density at radius 1 is 0.917 bits per heavy atom. The molecule has 2 N–H and O–H groups in total. The van der Waals surface area contributed by atoms with Crippen LogP contribution in [0.4, 0.5) is 5.69 Å². The highest BCUT2D eigenvalue weighted by atomic mass is 16.1. The summed E-state index contributed by atoms with van der Waals surface area (Å²) in [4.78, 5) is 12.2. The van der Waals surface area contributed by atoms with Crippen molar-refractivity contribution in [3.63, 3.8) is 0 Å². The van der Waals surface area contributed by atoms with Crippen LogP contribution in [0.5, 0.6) is 0 Å². The largest absolute Gasteiger partial charge is 0.324 e. The topological polar surface area (TPSA) is 41.1 Å². The van der Waals surface area contributed by atoms with Gasteiger partial charge in [-0.25, -0.2) is 0 Å². The normalized spacial score (nSPS) is 12.2. The molecule has 2 rings (SSSR count). The molecule has 0 saturated heterocycles. The third-order valence-electron chi connectivity index (χ3n) is 4.42. The standard InChI is InChI=1S/C21H28N2O/c1-14(2)18-9-11-19(12-10-18)17(5)22-13-20(24)23-21-15(3)7-6-8-16(21)4/h6-12,14,17,22H,13H2,1-5H3,(H,23,24). The third-order valence-corrected chi connectivity index (χ3v) is 4.42. The van der Waals surface area contributed by atoms with Crippen LogP contribution in [0.1, 0.15) is 55.0 Å². The highest BCUT2D eigenvalue weighted by Gasteiger charge is 2.10. The molecule has 0 radical (unpaired) electrons. The molecule has 3 heteroatoms. The maximum atomic E-state index is 12.2. The quantitative estimate of drug-likeness (QED) is 0.807. The first-order chi connectivity index (χ1) is 11.4. The first-order valence-corrected chi connectivity index (χ1v) is 8.57. The molecule has 3 nitrogen and oxygen atoms in total. The summed E-state index contributed by atoms with van der Waals surface area (Å²) in [5.74, 6) is 0.517. The summed E-state index contributed by atoms with van der Waals surface area (Å²) in [6.45, 7) is 10.8. The minimum absolute atomic E-state index is 0.0157. The molecule has 24 heavy (non-hydrogen) atoms. The van der Waals surface area contributed by atoms with Gasteiger partial charge in [-0.1, -0.05) is 56.3 Å². The maximum Gasteiger partial charge on any atom is 0.238 e.